The predicted molar refractivity (Wildman–Crippen MR) is 78.1 cm³/mol. The fourth-order valence-corrected chi connectivity index (χ4v) is 2.25. The summed E-state index contributed by atoms with van der Waals surface area (Å²) >= 11 is 0. The molecule has 4 heteroatoms. The van der Waals surface area contributed by atoms with E-state index in [-0.39, 0.29) is 11.4 Å². The van der Waals surface area contributed by atoms with Crippen LogP contribution in [-0.2, 0) is 6.54 Å². The smallest absolute Gasteiger partial charge is 0.260 e. The van der Waals surface area contributed by atoms with Gasteiger partial charge in [-0.15, -0.1) is 0 Å². The summed E-state index contributed by atoms with van der Waals surface area (Å²) in [6, 6.07) is 15.1. The van der Waals surface area contributed by atoms with Gasteiger partial charge in [-0.05, 0) is 35.2 Å². The first-order valence-corrected chi connectivity index (χ1v) is 6.27. The number of halogens is 1. The Hall–Kier alpha value is -2.62. The molecule has 0 saturated carbocycles. The molecule has 0 atom stereocenters. The van der Waals surface area contributed by atoms with Crippen LogP contribution < -0.4 is 11.3 Å². The minimum atomic E-state index is -0.299. The van der Waals surface area contributed by atoms with Crippen molar-refractivity contribution in [1.82, 2.24) is 4.57 Å². The molecule has 0 unspecified atom stereocenters. The van der Waals surface area contributed by atoms with Crippen LogP contribution in [0.5, 0.6) is 0 Å². The molecule has 0 saturated heterocycles. The summed E-state index contributed by atoms with van der Waals surface area (Å²) in [5.41, 5.74) is 6.65. The van der Waals surface area contributed by atoms with E-state index in [1.165, 1.54) is 16.7 Å². The van der Waals surface area contributed by atoms with E-state index in [1.807, 2.05) is 18.2 Å². The third-order valence-corrected chi connectivity index (χ3v) is 3.31. The van der Waals surface area contributed by atoms with Gasteiger partial charge in [0.15, 0.2) is 0 Å². The summed E-state index contributed by atoms with van der Waals surface area (Å²) in [7, 11) is 0. The number of rotatable bonds is 2. The molecule has 2 N–H and O–H groups in total. The van der Waals surface area contributed by atoms with Crippen LogP contribution in [0.2, 0.25) is 0 Å². The Labute approximate surface area is 115 Å². The van der Waals surface area contributed by atoms with E-state index in [2.05, 4.69) is 0 Å². The highest BCUT2D eigenvalue weighted by Crippen LogP contribution is 2.14. The number of hydrogen-bond acceptors (Lipinski definition) is 2. The number of fused-ring (bicyclic) bond motifs is 1. The van der Waals surface area contributed by atoms with Gasteiger partial charge in [0.2, 0.25) is 0 Å². The van der Waals surface area contributed by atoms with Crippen molar-refractivity contribution in [2.75, 3.05) is 5.73 Å². The number of hydrogen-bond donors (Lipinski definition) is 1. The maximum absolute atomic E-state index is 12.9. The molecule has 2 aromatic carbocycles. The number of nitrogens with two attached hydrogens (primary N) is 1. The van der Waals surface area contributed by atoms with Crippen LogP contribution in [0.15, 0.2) is 59.4 Å². The van der Waals surface area contributed by atoms with E-state index in [0.717, 1.165) is 10.9 Å². The van der Waals surface area contributed by atoms with Gasteiger partial charge in [0.1, 0.15) is 11.6 Å². The van der Waals surface area contributed by atoms with Gasteiger partial charge in [-0.1, -0.05) is 30.3 Å². The van der Waals surface area contributed by atoms with Crippen LogP contribution >= 0.6 is 0 Å². The highest BCUT2D eigenvalue weighted by molar-refractivity contribution is 5.83. The van der Waals surface area contributed by atoms with Crippen molar-refractivity contribution in [2.24, 2.45) is 0 Å². The number of anilines is 1. The normalized spacial score (nSPS) is 10.8. The molecule has 1 heterocycles. The van der Waals surface area contributed by atoms with Crippen LogP contribution in [-0.4, -0.2) is 4.57 Å². The third-order valence-electron chi connectivity index (χ3n) is 3.31. The molecule has 3 rings (SSSR count). The molecule has 100 valence electrons. The maximum Gasteiger partial charge on any atom is 0.260 e. The number of aromatic nitrogens is 1. The fraction of sp³-hybridized carbons (Fsp3) is 0.0625. The average Bonchev–Trinajstić information content (AvgIpc) is 2.45. The summed E-state index contributed by atoms with van der Waals surface area (Å²) in [5.74, 6) is 0.102. The van der Waals surface area contributed by atoms with Gasteiger partial charge in [-0.25, -0.2) is 4.39 Å². The van der Waals surface area contributed by atoms with Crippen molar-refractivity contribution >= 4 is 16.6 Å². The average molecular weight is 268 g/mol. The Kier molecular flexibility index (Phi) is 2.99. The third kappa shape index (κ3) is 2.16. The lowest BCUT2D eigenvalue weighted by atomic mass is 10.1. The SMILES string of the molecule is Nc1cc2ccccc2c(=O)n1Cc1ccc(F)cc1. The molecule has 0 aliphatic rings. The molecule has 0 spiro atoms. The van der Waals surface area contributed by atoms with Crippen LogP contribution in [0.4, 0.5) is 10.2 Å². The lowest BCUT2D eigenvalue weighted by Crippen LogP contribution is -2.23. The standard InChI is InChI=1S/C16H13FN2O/c17-13-7-5-11(6-8-13)10-19-15(18)9-12-3-1-2-4-14(12)16(19)20/h1-9H,10,18H2. The second-order valence-corrected chi connectivity index (χ2v) is 4.67. The van der Waals surface area contributed by atoms with Crippen molar-refractivity contribution in [1.29, 1.82) is 0 Å². The highest BCUT2D eigenvalue weighted by atomic mass is 19.1. The Bertz CT molecular complexity index is 822. The van der Waals surface area contributed by atoms with Crippen molar-refractivity contribution < 1.29 is 4.39 Å². The van der Waals surface area contributed by atoms with E-state index >= 15 is 0 Å². The topological polar surface area (TPSA) is 48.0 Å². The van der Waals surface area contributed by atoms with Crippen molar-refractivity contribution in [3.8, 4) is 0 Å². The number of nitrogen functional groups attached to an aromatic ring is 1. The van der Waals surface area contributed by atoms with Gasteiger partial charge in [0, 0.05) is 5.39 Å². The van der Waals surface area contributed by atoms with Gasteiger partial charge in [-0.2, -0.15) is 0 Å². The first kappa shape index (κ1) is 12.4. The van der Waals surface area contributed by atoms with Crippen LogP contribution in [0, 0.1) is 5.82 Å². The minimum Gasteiger partial charge on any atom is -0.385 e. The second-order valence-electron chi connectivity index (χ2n) is 4.67. The molecule has 3 aromatic rings. The molecule has 20 heavy (non-hydrogen) atoms. The van der Waals surface area contributed by atoms with Crippen molar-refractivity contribution in [2.45, 2.75) is 6.54 Å². The van der Waals surface area contributed by atoms with Crippen molar-refractivity contribution in [3.63, 3.8) is 0 Å². The number of nitrogens with zero attached hydrogens (tertiary/aromatic N) is 1. The maximum atomic E-state index is 12.9. The highest BCUT2D eigenvalue weighted by Gasteiger charge is 2.07. The molecular formula is C16H13FN2O. The Morgan fingerprint density at radius 3 is 2.50 bits per heavy atom. The first-order chi connectivity index (χ1) is 9.65. The second kappa shape index (κ2) is 4.81. The van der Waals surface area contributed by atoms with Gasteiger partial charge >= 0.3 is 0 Å². The van der Waals surface area contributed by atoms with Crippen LogP contribution in [0.3, 0.4) is 0 Å². The van der Waals surface area contributed by atoms with Crippen LogP contribution in [0.25, 0.3) is 10.8 Å². The van der Waals surface area contributed by atoms with E-state index in [1.54, 1.807) is 24.3 Å². The minimum absolute atomic E-state index is 0.134. The summed E-state index contributed by atoms with van der Waals surface area (Å²) in [5, 5.41) is 1.45. The molecule has 0 radical (unpaired) electrons. The number of benzene rings is 2. The van der Waals surface area contributed by atoms with Crippen LogP contribution in [0.1, 0.15) is 5.56 Å². The lowest BCUT2D eigenvalue weighted by molar-refractivity contribution is 0.626. The zero-order chi connectivity index (χ0) is 14.1. The molecular weight excluding hydrogens is 255 g/mol. The van der Waals surface area contributed by atoms with Gasteiger partial charge < -0.3 is 5.73 Å². The summed E-state index contributed by atoms with van der Waals surface area (Å²) in [4.78, 5) is 12.4. The predicted octanol–water partition coefficient (Wildman–Crippen LogP) is 2.77. The molecule has 0 bridgehead atoms. The fourth-order valence-electron chi connectivity index (χ4n) is 2.25. The molecule has 1 aromatic heterocycles. The summed E-state index contributed by atoms with van der Waals surface area (Å²) in [6.45, 7) is 0.329. The zero-order valence-corrected chi connectivity index (χ0v) is 10.7. The monoisotopic (exact) mass is 268 g/mol. The van der Waals surface area contributed by atoms with Gasteiger partial charge in [0.25, 0.3) is 5.56 Å². The zero-order valence-electron chi connectivity index (χ0n) is 10.7. The molecule has 0 aliphatic heterocycles. The molecule has 3 nitrogen and oxygen atoms in total. The van der Waals surface area contributed by atoms with E-state index in [0.29, 0.717) is 17.7 Å². The summed E-state index contributed by atoms with van der Waals surface area (Å²) in [6.07, 6.45) is 0. The lowest BCUT2D eigenvalue weighted by Gasteiger charge is -2.11. The van der Waals surface area contributed by atoms with E-state index in [4.69, 9.17) is 5.73 Å². The largest absolute Gasteiger partial charge is 0.385 e. The van der Waals surface area contributed by atoms with E-state index in [9.17, 15) is 9.18 Å². The quantitative estimate of drug-likeness (QED) is 0.777. The molecule has 0 amide bonds. The molecule has 0 fully saturated rings. The van der Waals surface area contributed by atoms with Crippen molar-refractivity contribution in [3.05, 3.63) is 76.3 Å². The van der Waals surface area contributed by atoms with E-state index < -0.39 is 0 Å². The Balaban J connectivity index is 2.11. The number of pyridine rings is 1. The Morgan fingerprint density at radius 2 is 1.75 bits per heavy atom. The first-order valence-electron chi connectivity index (χ1n) is 6.27. The van der Waals surface area contributed by atoms with Gasteiger partial charge in [-0.3, -0.25) is 9.36 Å². The summed E-state index contributed by atoms with van der Waals surface area (Å²) < 4.78 is 14.4. The van der Waals surface area contributed by atoms with Gasteiger partial charge in [0.05, 0.1) is 6.54 Å². The Morgan fingerprint density at radius 1 is 1.05 bits per heavy atom. The molecule has 0 aliphatic carbocycles.